The van der Waals surface area contributed by atoms with Gasteiger partial charge in [-0.15, -0.1) is 0 Å². The molecule has 26 heavy (non-hydrogen) atoms. The van der Waals surface area contributed by atoms with Gasteiger partial charge in [-0.05, 0) is 31.0 Å². The van der Waals surface area contributed by atoms with Crippen molar-refractivity contribution in [2.75, 3.05) is 18.8 Å². The van der Waals surface area contributed by atoms with Gasteiger partial charge in [0.15, 0.2) is 0 Å². The molecular formula is C17H18N4O5. The third-order valence-electron chi connectivity index (χ3n) is 4.37. The summed E-state index contributed by atoms with van der Waals surface area (Å²) in [6, 6.07) is 5.48. The second-order valence-corrected chi connectivity index (χ2v) is 6.08. The van der Waals surface area contributed by atoms with Crippen molar-refractivity contribution in [3.63, 3.8) is 0 Å². The SMILES string of the molecule is Nc1ccc(C(=O)NC2CCN(C(=O)c3ccoc3)CC2)cc1[N+](=O)[O-]. The first kappa shape index (κ1) is 17.5. The van der Waals surface area contributed by atoms with E-state index < -0.39 is 10.8 Å². The molecule has 2 aromatic rings. The Morgan fingerprint density at radius 2 is 1.96 bits per heavy atom. The molecule has 0 bridgehead atoms. The number of benzene rings is 1. The summed E-state index contributed by atoms with van der Waals surface area (Å²) in [6.45, 7) is 1.02. The van der Waals surface area contributed by atoms with Crippen LogP contribution in [-0.4, -0.2) is 40.8 Å². The van der Waals surface area contributed by atoms with Gasteiger partial charge in [0.25, 0.3) is 17.5 Å². The van der Waals surface area contributed by atoms with Crippen molar-refractivity contribution in [2.24, 2.45) is 0 Å². The van der Waals surface area contributed by atoms with Gasteiger partial charge < -0.3 is 20.4 Å². The van der Waals surface area contributed by atoms with E-state index in [0.717, 1.165) is 0 Å². The number of amides is 2. The molecule has 0 saturated carbocycles. The minimum absolute atomic E-state index is 0.0117. The fourth-order valence-corrected chi connectivity index (χ4v) is 2.91. The van der Waals surface area contributed by atoms with Gasteiger partial charge in [0.05, 0.1) is 16.7 Å². The molecule has 2 amide bonds. The predicted molar refractivity (Wildman–Crippen MR) is 92.6 cm³/mol. The lowest BCUT2D eigenvalue weighted by Crippen LogP contribution is -2.46. The monoisotopic (exact) mass is 358 g/mol. The van der Waals surface area contributed by atoms with Gasteiger partial charge in [-0.25, -0.2) is 0 Å². The minimum atomic E-state index is -0.619. The maximum atomic E-state index is 12.3. The first-order chi connectivity index (χ1) is 12.5. The maximum Gasteiger partial charge on any atom is 0.292 e. The van der Waals surface area contributed by atoms with Gasteiger partial charge in [-0.1, -0.05) is 0 Å². The van der Waals surface area contributed by atoms with Gasteiger partial charge in [0.2, 0.25) is 0 Å². The average molecular weight is 358 g/mol. The van der Waals surface area contributed by atoms with Crippen molar-refractivity contribution in [1.82, 2.24) is 10.2 Å². The summed E-state index contributed by atoms with van der Waals surface area (Å²) in [5.74, 6) is -0.495. The molecule has 3 N–H and O–H groups in total. The van der Waals surface area contributed by atoms with Crippen molar-refractivity contribution in [3.05, 3.63) is 58.0 Å². The molecular weight excluding hydrogens is 340 g/mol. The van der Waals surface area contributed by atoms with Crippen molar-refractivity contribution < 1.29 is 18.9 Å². The van der Waals surface area contributed by atoms with E-state index in [1.807, 2.05) is 0 Å². The summed E-state index contributed by atoms with van der Waals surface area (Å²) in [5.41, 5.74) is 5.94. The molecule has 9 heteroatoms. The molecule has 1 aliphatic rings. The maximum absolute atomic E-state index is 12.3. The standard InChI is InChI=1S/C17H18N4O5/c18-14-2-1-11(9-15(14)21(24)25)16(22)19-13-3-6-20(7-4-13)17(23)12-5-8-26-10-12/h1-2,5,8-10,13H,3-4,6-7,18H2,(H,19,22). The number of nitrogens with two attached hydrogens (primary N) is 1. The molecule has 1 aliphatic heterocycles. The second-order valence-electron chi connectivity index (χ2n) is 6.08. The Hall–Kier alpha value is -3.36. The highest BCUT2D eigenvalue weighted by molar-refractivity contribution is 5.96. The van der Waals surface area contributed by atoms with Crippen molar-refractivity contribution in [1.29, 1.82) is 0 Å². The van der Waals surface area contributed by atoms with Crippen LogP contribution in [-0.2, 0) is 0 Å². The normalized spacial score (nSPS) is 14.8. The zero-order valence-electron chi connectivity index (χ0n) is 13.9. The molecule has 136 valence electrons. The number of nitrogens with zero attached hydrogens (tertiary/aromatic N) is 2. The number of carbonyl (C=O) groups excluding carboxylic acids is 2. The number of nitrogens with one attached hydrogen (secondary N) is 1. The molecule has 2 heterocycles. The number of likely N-dealkylation sites (tertiary alicyclic amines) is 1. The average Bonchev–Trinajstić information content (AvgIpc) is 3.16. The van der Waals surface area contributed by atoms with Gasteiger partial charge in [-0.2, -0.15) is 0 Å². The number of furan rings is 1. The van der Waals surface area contributed by atoms with Crippen LogP contribution < -0.4 is 11.1 Å². The van der Waals surface area contributed by atoms with Crippen molar-refractivity contribution >= 4 is 23.2 Å². The van der Waals surface area contributed by atoms with Crippen LogP contribution in [0.15, 0.2) is 41.2 Å². The Bertz CT molecular complexity index is 826. The molecule has 1 aromatic carbocycles. The Morgan fingerprint density at radius 3 is 2.58 bits per heavy atom. The Balaban J connectivity index is 1.58. The number of nitrogen functional groups attached to an aromatic ring is 1. The lowest BCUT2D eigenvalue weighted by Gasteiger charge is -2.32. The van der Waals surface area contributed by atoms with E-state index in [0.29, 0.717) is 31.5 Å². The molecule has 3 rings (SSSR count). The van der Waals surface area contributed by atoms with Crippen LogP contribution in [0.4, 0.5) is 11.4 Å². The van der Waals surface area contributed by atoms with Crippen LogP contribution >= 0.6 is 0 Å². The van der Waals surface area contributed by atoms with Crippen LogP contribution in [0.5, 0.6) is 0 Å². The highest BCUT2D eigenvalue weighted by Crippen LogP contribution is 2.22. The first-order valence-corrected chi connectivity index (χ1v) is 8.12. The molecule has 0 atom stereocenters. The van der Waals surface area contributed by atoms with Crippen LogP contribution in [0.2, 0.25) is 0 Å². The number of carbonyl (C=O) groups is 2. The highest BCUT2D eigenvalue weighted by atomic mass is 16.6. The predicted octanol–water partition coefficient (Wildman–Crippen LogP) is 1.80. The molecule has 0 unspecified atom stereocenters. The summed E-state index contributed by atoms with van der Waals surface area (Å²) < 4.78 is 4.92. The molecule has 1 saturated heterocycles. The minimum Gasteiger partial charge on any atom is -0.472 e. The summed E-state index contributed by atoms with van der Waals surface area (Å²) in [4.78, 5) is 36.6. The Morgan fingerprint density at radius 1 is 1.23 bits per heavy atom. The topological polar surface area (TPSA) is 132 Å². The zero-order chi connectivity index (χ0) is 18.7. The lowest BCUT2D eigenvalue weighted by molar-refractivity contribution is -0.383. The second kappa shape index (κ2) is 7.26. The van der Waals surface area contributed by atoms with E-state index in [4.69, 9.17) is 10.2 Å². The van der Waals surface area contributed by atoms with Gasteiger partial charge >= 0.3 is 0 Å². The number of hydrogen-bond acceptors (Lipinski definition) is 6. The lowest BCUT2D eigenvalue weighted by atomic mass is 10.0. The third kappa shape index (κ3) is 3.66. The zero-order valence-corrected chi connectivity index (χ0v) is 13.9. The molecule has 0 spiro atoms. The van der Waals surface area contributed by atoms with E-state index in [9.17, 15) is 19.7 Å². The van der Waals surface area contributed by atoms with Crippen LogP contribution in [0.1, 0.15) is 33.6 Å². The summed E-state index contributed by atoms with van der Waals surface area (Å²) in [6.07, 6.45) is 4.06. The van der Waals surface area contributed by atoms with Gasteiger partial charge in [-0.3, -0.25) is 19.7 Å². The van der Waals surface area contributed by atoms with E-state index in [1.54, 1.807) is 11.0 Å². The van der Waals surface area contributed by atoms with Crippen LogP contribution in [0.3, 0.4) is 0 Å². The Labute approximate surface area is 148 Å². The summed E-state index contributed by atoms with van der Waals surface area (Å²) in [5, 5.41) is 13.8. The smallest absolute Gasteiger partial charge is 0.292 e. The number of hydrogen-bond donors (Lipinski definition) is 2. The first-order valence-electron chi connectivity index (χ1n) is 8.12. The van der Waals surface area contributed by atoms with Crippen molar-refractivity contribution in [3.8, 4) is 0 Å². The molecule has 9 nitrogen and oxygen atoms in total. The number of anilines is 1. The quantitative estimate of drug-likeness (QED) is 0.487. The van der Waals surface area contributed by atoms with Gasteiger partial charge in [0.1, 0.15) is 12.0 Å². The van der Waals surface area contributed by atoms with Crippen LogP contribution in [0.25, 0.3) is 0 Å². The van der Waals surface area contributed by atoms with Gasteiger partial charge in [0, 0.05) is 30.8 Å². The molecule has 1 fully saturated rings. The van der Waals surface area contributed by atoms with Crippen LogP contribution in [0, 0.1) is 10.1 Å². The fourth-order valence-electron chi connectivity index (χ4n) is 2.91. The van der Waals surface area contributed by atoms with E-state index in [2.05, 4.69) is 5.32 Å². The fraction of sp³-hybridized carbons (Fsp3) is 0.294. The van der Waals surface area contributed by atoms with E-state index in [-0.39, 0.29) is 28.9 Å². The van der Waals surface area contributed by atoms with E-state index in [1.165, 1.54) is 30.7 Å². The highest BCUT2D eigenvalue weighted by Gasteiger charge is 2.26. The van der Waals surface area contributed by atoms with E-state index >= 15 is 0 Å². The number of nitro groups is 1. The van der Waals surface area contributed by atoms with Crippen molar-refractivity contribution in [2.45, 2.75) is 18.9 Å². The molecule has 1 aromatic heterocycles. The number of rotatable bonds is 4. The Kier molecular flexibility index (Phi) is 4.87. The third-order valence-corrected chi connectivity index (χ3v) is 4.37. The largest absolute Gasteiger partial charge is 0.472 e. The molecule has 0 aliphatic carbocycles. The molecule has 0 radical (unpaired) electrons. The number of piperidine rings is 1. The summed E-state index contributed by atoms with van der Waals surface area (Å²) >= 11 is 0. The number of nitro benzene ring substituents is 1. The summed E-state index contributed by atoms with van der Waals surface area (Å²) in [7, 11) is 0.